The van der Waals surface area contributed by atoms with Crippen LogP contribution in [0.5, 0.6) is 0 Å². The van der Waals surface area contributed by atoms with Crippen molar-refractivity contribution in [3.8, 4) is 11.5 Å². The van der Waals surface area contributed by atoms with E-state index < -0.39 is 5.54 Å². The average Bonchev–Trinajstić information content (AvgIpc) is 3.22. The highest BCUT2D eigenvalue weighted by Crippen LogP contribution is 2.32. The fourth-order valence-corrected chi connectivity index (χ4v) is 2.98. The minimum absolute atomic E-state index is 0.0671. The molecule has 1 aliphatic heterocycles. The molecule has 2 aromatic heterocycles. The largest absolute Gasteiger partial charge is 0.394 e. The quantitative estimate of drug-likeness (QED) is 0.881. The van der Waals surface area contributed by atoms with Gasteiger partial charge in [-0.05, 0) is 19.1 Å². The number of nitrogens with zero attached hydrogens (tertiary/aromatic N) is 3. The van der Waals surface area contributed by atoms with Crippen molar-refractivity contribution in [1.82, 2.24) is 19.9 Å². The molecule has 3 rings (SSSR count). The van der Waals surface area contributed by atoms with Gasteiger partial charge in [-0.1, -0.05) is 0 Å². The molecular formula is C16H20N4O3. The van der Waals surface area contributed by atoms with Crippen molar-refractivity contribution < 1.29 is 14.6 Å². The third-order valence-corrected chi connectivity index (χ3v) is 4.37. The summed E-state index contributed by atoms with van der Waals surface area (Å²) in [6, 6.07) is 3.38. The van der Waals surface area contributed by atoms with Gasteiger partial charge >= 0.3 is 0 Å². The number of imidazole rings is 1. The monoisotopic (exact) mass is 316 g/mol. The van der Waals surface area contributed by atoms with E-state index in [0.29, 0.717) is 30.0 Å². The number of rotatable bonds is 4. The first-order valence-electron chi connectivity index (χ1n) is 7.49. The van der Waals surface area contributed by atoms with Crippen molar-refractivity contribution >= 4 is 5.91 Å². The maximum atomic E-state index is 12.9. The molecule has 1 fully saturated rings. The van der Waals surface area contributed by atoms with Crippen molar-refractivity contribution in [3.63, 3.8) is 0 Å². The van der Waals surface area contributed by atoms with Crippen LogP contribution in [0.1, 0.15) is 23.7 Å². The molecule has 0 saturated carbocycles. The lowest BCUT2D eigenvalue weighted by atomic mass is 9.98. The number of carbonyl (C=O) groups is 1. The Morgan fingerprint density at radius 1 is 1.52 bits per heavy atom. The molecule has 3 heterocycles. The van der Waals surface area contributed by atoms with Gasteiger partial charge in [-0.2, -0.15) is 0 Å². The summed E-state index contributed by atoms with van der Waals surface area (Å²) in [6.45, 7) is 2.23. The fraction of sp³-hybridized carbons (Fsp3) is 0.438. The van der Waals surface area contributed by atoms with Gasteiger partial charge in [0.15, 0.2) is 5.82 Å². The zero-order chi connectivity index (χ0) is 16.4. The minimum atomic E-state index is -0.619. The summed E-state index contributed by atoms with van der Waals surface area (Å²) in [5.74, 6) is 0.470. The van der Waals surface area contributed by atoms with Gasteiger partial charge < -0.3 is 19.7 Å². The number of carbonyl (C=O) groups excluding carboxylic acids is 1. The highest BCUT2D eigenvalue weighted by molar-refractivity contribution is 5.95. The first kappa shape index (κ1) is 15.6. The molecule has 0 bridgehead atoms. The molecule has 0 spiro atoms. The van der Waals surface area contributed by atoms with Crippen LogP contribution >= 0.6 is 0 Å². The highest BCUT2D eigenvalue weighted by atomic mass is 16.5. The van der Waals surface area contributed by atoms with E-state index in [-0.39, 0.29) is 18.6 Å². The number of methoxy groups -OCH3 is 1. The highest BCUT2D eigenvalue weighted by Gasteiger charge is 2.44. The van der Waals surface area contributed by atoms with Crippen LogP contribution in [0.2, 0.25) is 0 Å². The van der Waals surface area contributed by atoms with E-state index in [2.05, 4.69) is 15.0 Å². The predicted molar refractivity (Wildman–Crippen MR) is 83.8 cm³/mol. The fourth-order valence-electron chi connectivity index (χ4n) is 2.98. The summed E-state index contributed by atoms with van der Waals surface area (Å²) in [5, 5.41) is 9.73. The second-order valence-corrected chi connectivity index (χ2v) is 6.00. The van der Waals surface area contributed by atoms with Crippen molar-refractivity contribution in [2.75, 3.05) is 20.3 Å². The second-order valence-electron chi connectivity index (χ2n) is 6.00. The van der Waals surface area contributed by atoms with Crippen LogP contribution in [-0.4, -0.2) is 62.8 Å². The topological polar surface area (TPSA) is 91.3 Å². The Kier molecular flexibility index (Phi) is 4.14. The van der Waals surface area contributed by atoms with Crippen LogP contribution in [0, 0.1) is 0 Å². The number of likely N-dealkylation sites (tertiary alicyclic amines) is 1. The van der Waals surface area contributed by atoms with E-state index in [1.165, 1.54) is 0 Å². The number of nitrogens with one attached hydrogen (secondary N) is 1. The van der Waals surface area contributed by atoms with E-state index in [1.54, 1.807) is 42.7 Å². The van der Waals surface area contributed by atoms with E-state index in [0.717, 1.165) is 0 Å². The molecular weight excluding hydrogens is 296 g/mol. The minimum Gasteiger partial charge on any atom is -0.394 e. The van der Waals surface area contributed by atoms with Gasteiger partial charge in [0.1, 0.15) is 5.69 Å². The van der Waals surface area contributed by atoms with E-state index in [4.69, 9.17) is 4.74 Å². The number of hydrogen-bond donors (Lipinski definition) is 2. The van der Waals surface area contributed by atoms with Gasteiger partial charge in [0.05, 0.1) is 18.2 Å². The third-order valence-electron chi connectivity index (χ3n) is 4.37. The maximum absolute atomic E-state index is 12.9. The number of aromatic nitrogens is 3. The van der Waals surface area contributed by atoms with E-state index >= 15 is 0 Å². The van der Waals surface area contributed by atoms with Crippen LogP contribution < -0.4 is 0 Å². The summed E-state index contributed by atoms with van der Waals surface area (Å²) in [6.07, 6.45) is 5.48. The van der Waals surface area contributed by atoms with Crippen molar-refractivity contribution in [3.05, 3.63) is 36.3 Å². The Balaban J connectivity index is 1.89. The smallest absolute Gasteiger partial charge is 0.254 e. The van der Waals surface area contributed by atoms with Crippen molar-refractivity contribution in [1.29, 1.82) is 0 Å². The lowest BCUT2D eigenvalue weighted by Gasteiger charge is -2.33. The van der Waals surface area contributed by atoms with Crippen LogP contribution in [-0.2, 0) is 4.74 Å². The predicted octanol–water partition coefficient (Wildman–Crippen LogP) is 1.08. The Morgan fingerprint density at radius 3 is 3.00 bits per heavy atom. The van der Waals surface area contributed by atoms with E-state index in [1.807, 2.05) is 6.92 Å². The Labute approximate surface area is 134 Å². The first-order chi connectivity index (χ1) is 11.1. The molecule has 2 atom stereocenters. The number of aliphatic hydroxyl groups is 1. The van der Waals surface area contributed by atoms with Gasteiger partial charge in [-0.3, -0.25) is 9.78 Å². The van der Waals surface area contributed by atoms with Crippen LogP contribution in [0.15, 0.2) is 30.7 Å². The average molecular weight is 316 g/mol. The summed E-state index contributed by atoms with van der Waals surface area (Å²) in [7, 11) is 1.62. The molecule has 1 aliphatic rings. The molecule has 23 heavy (non-hydrogen) atoms. The number of amides is 1. The molecule has 0 aliphatic carbocycles. The van der Waals surface area contributed by atoms with Crippen LogP contribution in [0.3, 0.4) is 0 Å². The number of pyridine rings is 1. The maximum Gasteiger partial charge on any atom is 0.254 e. The van der Waals surface area contributed by atoms with Gasteiger partial charge in [0.25, 0.3) is 5.91 Å². The van der Waals surface area contributed by atoms with Crippen molar-refractivity contribution in [2.45, 2.75) is 25.0 Å². The number of aromatic amines is 1. The molecule has 2 aromatic rings. The zero-order valence-corrected chi connectivity index (χ0v) is 13.2. The van der Waals surface area contributed by atoms with Gasteiger partial charge in [0, 0.05) is 44.2 Å². The lowest BCUT2D eigenvalue weighted by molar-refractivity contribution is 0.0471. The molecule has 7 heteroatoms. The third kappa shape index (κ3) is 2.85. The summed E-state index contributed by atoms with van der Waals surface area (Å²) in [4.78, 5) is 26.0. The Morgan fingerprint density at radius 2 is 2.35 bits per heavy atom. The summed E-state index contributed by atoms with van der Waals surface area (Å²) >= 11 is 0. The zero-order valence-electron chi connectivity index (χ0n) is 13.2. The normalized spacial score (nSPS) is 24.1. The number of aliphatic hydroxyl groups excluding tert-OH is 1. The summed E-state index contributed by atoms with van der Waals surface area (Å²) in [5.41, 5.74) is 0.503. The SMILES string of the molecule is COC1CN(C(=O)c2ccnc(-c3ncc[nH]3)c2)C(C)(CO)C1. The molecule has 0 radical (unpaired) electrons. The van der Waals surface area contributed by atoms with E-state index in [9.17, 15) is 9.90 Å². The molecule has 1 amide bonds. The van der Waals surface area contributed by atoms with Crippen molar-refractivity contribution in [2.24, 2.45) is 0 Å². The number of hydrogen-bond acceptors (Lipinski definition) is 5. The molecule has 2 unspecified atom stereocenters. The molecule has 7 nitrogen and oxygen atoms in total. The second kappa shape index (κ2) is 6.10. The molecule has 2 N–H and O–H groups in total. The summed E-state index contributed by atoms with van der Waals surface area (Å²) < 4.78 is 5.37. The first-order valence-corrected chi connectivity index (χ1v) is 7.49. The van der Waals surface area contributed by atoms with Gasteiger partial charge in [0.2, 0.25) is 0 Å². The van der Waals surface area contributed by atoms with Gasteiger partial charge in [-0.25, -0.2) is 4.98 Å². The van der Waals surface area contributed by atoms with Crippen LogP contribution in [0.4, 0.5) is 0 Å². The van der Waals surface area contributed by atoms with Gasteiger partial charge in [-0.15, -0.1) is 0 Å². The number of H-pyrrole nitrogens is 1. The Bertz CT molecular complexity index is 688. The number of ether oxygens (including phenoxy) is 1. The molecule has 122 valence electrons. The molecule has 0 aromatic carbocycles. The lowest BCUT2D eigenvalue weighted by Crippen LogP contribution is -2.47. The Hall–Kier alpha value is -2.25. The molecule has 1 saturated heterocycles. The van der Waals surface area contributed by atoms with Crippen LogP contribution in [0.25, 0.3) is 11.5 Å². The standard InChI is InChI=1S/C16H20N4O3/c1-16(10-21)8-12(23-2)9-20(16)15(22)11-3-4-17-13(7-11)14-18-5-6-19-14/h3-7,12,21H,8-10H2,1-2H3,(H,18,19).